The van der Waals surface area contributed by atoms with Crippen LogP contribution in [0.5, 0.6) is 11.5 Å². The molecular weight excluding hydrogens is 426 g/mol. The first-order valence-electron chi connectivity index (χ1n) is 11.0. The molecule has 0 radical (unpaired) electrons. The third kappa shape index (κ3) is 4.99. The van der Waals surface area contributed by atoms with Crippen LogP contribution in [-0.2, 0) is 23.8 Å². The van der Waals surface area contributed by atoms with E-state index in [1.165, 1.54) is 7.11 Å². The average Bonchev–Trinajstić information content (AvgIpc) is 3.43. The second kappa shape index (κ2) is 9.69. The summed E-state index contributed by atoms with van der Waals surface area (Å²) in [7, 11) is 4.64. The topological polar surface area (TPSA) is 75.7 Å². The second-order valence-electron chi connectivity index (χ2n) is 8.60. The van der Waals surface area contributed by atoms with E-state index in [1.807, 2.05) is 67.4 Å². The van der Waals surface area contributed by atoms with E-state index in [0.29, 0.717) is 13.0 Å². The molecule has 2 saturated heterocycles. The number of methoxy groups -OCH3 is 3. The maximum atomic E-state index is 12.4. The summed E-state index contributed by atoms with van der Waals surface area (Å²) in [6.45, 7) is 4.17. The van der Waals surface area contributed by atoms with E-state index in [4.69, 9.17) is 28.5 Å². The van der Waals surface area contributed by atoms with Gasteiger partial charge in [-0.15, -0.1) is 0 Å². The van der Waals surface area contributed by atoms with Crippen LogP contribution in [-0.4, -0.2) is 63.0 Å². The van der Waals surface area contributed by atoms with Crippen molar-refractivity contribution >= 4 is 5.97 Å². The van der Waals surface area contributed by atoms with Gasteiger partial charge in [0.2, 0.25) is 0 Å². The Morgan fingerprint density at radius 2 is 1.52 bits per heavy atom. The smallest absolute Gasteiger partial charge is 0.337 e. The van der Waals surface area contributed by atoms with Gasteiger partial charge < -0.3 is 23.7 Å². The summed E-state index contributed by atoms with van der Waals surface area (Å²) >= 11 is 0. The van der Waals surface area contributed by atoms with Gasteiger partial charge in [0, 0.05) is 6.42 Å². The first kappa shape index (κ1) is 23.5. The Hall–Kier alpha value is -2.65. The molecule has 2 aliphatic heterocycles. The van der Waals surface area contributed by atoms with Crippen LogP contribution in [0.2, 0.25) is 0 Å². The highest BCUT2D eigenvalue weighted by molar-refractivity contribution is 5.74. The molecule has 0 spiro atoms. The highest BCUT2D eigenvalue weighted by Crippen LogP contribution is 2.41. The minimum atomic E-state index is -0.730. The van der Waals surface area contributed by atoms with Crippen LogP contribution in [0.4, 0.5) is 0 Å². The van der Waals surface area contributed by atoms with E-state index in [1.54, 1.807) is 14.2 Å². The van der Waals surface area contributed by atoms with Crippen molar-refractivity contribution in [1.29, 1.82) is 0 Å². The van der Waals surface area contributed by atoms with E-state index in [9.17, 15) is 4.79 Å². The monoisotopic (exact) mass is 457 g/mol. The predicted molar refractivity (Wildman–Crippen MR) is 120 cm³/mol. The van der Waals surface area contributed by atoms with Gasteiger partial charge in [-0.3, -0.25) is 4.84 Å². The van der Waals surface area contributed by atoms with E-state index in [2.05, 4.69) is 0 Å². The van der Waals surface area contributed by atoms with Gasteiger partial charge in [-0.25, -0.2) is 4.79 Å². The zero-order valence-electron chi connectivity index (χ0n) is 19.6. The van der Waals surface area contributed by atoms with Crippen molar-refractivity contribution in [1.82, 2.24) is 5.06 Å². The first-order chi connectivity index (χ1) is 15.8. The number of nitrogens with zero attached hydrogens (tertiary/aromatic N) is 1. The molecule has 0 aliphatic carbocycles. The summed E-state index contributed by atoms with van der Waals surface area (Å²) in [5, 5.41) is 1.86. The molecule has 4 rings (SSSR count). The van der Waals surface area contributed by atoms with Gasteiger partial charge in [-0.2, -0.15) is 5.06 Å². The Bertz CT molecular complexity index is 897. The Morgan fingerprint density at radius 3 is 1.94 bits per heavy atom. The number of hydrogen-bond donors (Lipinski definition) is 0. The van der Waals surface area contributed by atoms with Crippen molar-refractivity contribution in [2.75, 3.05) is 27.9 Å². The average molecular weight is 458 g/mol. The third-order valence-electron chi connectivity index (χ3n) is 6.07. The zero-order valence-corrected chi connectivity index (χ0v) is 19.6. The zero-order chi connectivity index (χ0) is 23.6. The van der Waals surface area contributed by atoms with Gasteiger partial charge in [0.05, 0.1) is 40.0 Å². The van der Waals surface area contributed by atoms with Gasteiger partial charge >= 0.3 is 5.97 Å². The molecular formula is C25H31NO7. The standard InChI is InChI=1S/C25H31NO7/c1-25(2)31-15-22(32-25)20-14-21(24(27)30-5)33-26(20)23(16-6-10-18(28-3)11-7-16)17-8-12-19(29-4)13-9-17/h6-13,20-23H,14-15H2,1-5H3/t20-,21-,22+/m0/s1. The highest BCUT2D eigenvalue weighted by Gasteiger charge is 2.50. The molecule has 2 aromatic carbocycles. The molecule has 2 heterocycles. The fourth-order valence-electron chi connectivity index (χ4n) is 4.39. The molecule has 0 aromatic heterocycles. The minimum Gasteiger partial charge on any atom is -0.497 e. The van der Waals surface area contributed by atoms with Crippen molar-refractivity contribution in [2.45, 2.75) is 50.3 Å². The number of benzene rings is 2. The number of carbonyl (C=O) groups is 1. The third-order valence-corrected chi connectivity index (χ3v) is 6.07. The lowest BCUT2D eigenvalue weighted by atomic mass is 9.95. The summed E-state index contributed by atoms with van der Waals surface area (Å²) in [5.74, 6) is 0.402. The van der Waals surface area contributed by atoms with Gasteiger partial charge in [0.1, 0.15) is 17.6 Å². The molecule has 33 heavy (non-hydrogen) atoms. The Morgan fingerprint density at radius 1 is 0.970 bits per heavy atom. The van der Waals surface area contributed by atoms with Crippen molar-refractivity contribution in [2.24, 2.45) is 0 Å². The van der Waals surface area contributed by atoms with Crippen molar-refractivity contribution < 1.29 is 33.3 Å². The molecule has 0 bridgehead atoms. The number of ether oxygens (including phenoxy) is 5. The number of carbonyl (C=O) groups excluding carboxylic acids is 1. The van der Waals surface area contributed by atoms with Crippen molar-refractivity contribution in [3.8, 4) is 11.5 Å². The molecule has 8 heteroatoms. The quantitative estimate of drug-likeness (QED) is 0.585. The second-order valence-corrected chi connectivity index (χ2v) is 8.60. The number of rotatable bonds is 7. The van der Waals surface area contributed by atoms with E-state index < -0.39 is 17.9 Å². The van der Waals surface area contributed by atoms with Gasteiger partial charge in [-0.05, 0) is 49.2 Å². The van der Waals surface area contributed by atoms with Gasteiger partial charge in [0.25, 0.3) is 0 Å². The lowest BCUT2D eigenvalue weighted by Gasteiger charge is -2.34. The minimum absolute atomic E-state index is 0.231. The van der Waals surface area contributed by atoms with Crippen molar-refractivity contribution in [3.05, 3.63) is 59.7 Å². The molecule has 2 aromatic rings. The Labute approximate surface area is 194 Å². The summed E-state index contributed by atoms with van der Waals surface area (Å²) in [5.41, 5.74) is 1.96. The van der Waals surface area contributed by atoms with E-state index in [-0.39, 0.29) is 18.2 Å². The first-order valence-corrected chi connectivity index (χ1v) is 11.0. The fraction of sp³-hybridized carbons (Fsp3) is 0.480. The summed E-state index contributed by atoms with van der Waals surface area (Å²) in [4.78, 5) is 18.7. The number of hydrogen-bond acceptors (Lipinski definition) is 8. The molecule has 8 nitrogen and oxygen atoms in total. The van der Waals surface area contributed by atoms with Crippen LogP contribution in [0.3, 0.4) is 0 Å². The number of hydroxylamine groups is 2. The SMILES string of the molecule is COC(=O)[C@@H]1C[C@@H]([C@H]2COC(C)(C)O2)N(C(c2ccc(OC)cc2)c2ccc(OC)cc2)O1. The summed E-state index contributed by atoms with van der Waals surface area (Å²) in [6, 6.07) is 15.1. The van der Waals surface area contributed by atoms with E-state index >= 15 is 0 Å². The maximum absolute atomic E-state index is 12.4. The van der Waals surface area contributed by atoms with Crippen LogP contribution in [0.1, 0.15) is 37.4 Å². The maximum Gasteiger partial charge on any atom is 0.337 e. The molecule has 0 unspecified atom stereocenters. The van der Waals surface area contributed by atoms with Crippen LogP contribution in [0.25, 0.3) is 0 Å². The largest absolute Gasteiger partial charge is 0.497 e. The molecule has 0 amide bonds. The van der Waals surface area contributed by atoms with E-state index in [0.717, 1.165) is 22.6 Å². The van der Waals surface area contributed by atoms with Gasteiger partial charge in [-0.1, -0.05) is 24.3 Å². The normalized spacial score (nSPS) is 24.7. The molecule has 0 N–H and O–H groups in total. The van der Waals surface area contributed by atoms with Crippen molar-refractivity contribution in [3.63, 3.8) is 0 Å². The van der Waals surface area contributed by atoms with Crippen LogP contribution in [0, 0.1) is 0 Å². The Balaban J connectivity index is 1.75. The highest BCUT2D eigenvalue weighted by atomic mass is 16.8. The van der Waals surface area contributed by atoms with Gasteiger partial charge in [0.15, 0.2) is 11.9 Å². The molecule has 2 fully saturated rings. The number of esters is 1. The summed E-state index contributed by atoms with van der Waals surface area (Å²) in [6.07, 6.45) is -0.570. The predicted octanol–water partition coefficient (Wildman–Crippen LogP) is 3.49. The fourth-order valence-corrected chi connectivity index (χ4v) is 4.39. The molecule has 0 saturated carbocycles. The molecule has 3 atom stereocenters. The Kier molecular flexibility index (Phi) is 6.90. The summed E-state index contributed by atoms with van der Waals surface area (Å²) < 4.78 is 27.7. The molecule has 178 valence electrons. The lowest BCUT2D eigenvalue weighted by Crippen LogP contribution is -2.42. The van der Waals surface area contributed by atoms with Crippen LogP contribution in [0.15, 0.2) is 48.5 Å². The van der Waals surface area contributed by atoms with Crippen LogP contribution >= 0.6 is 0 Å². The molecule has 2 aliphatic rings. The van der Waals surface area contributed by atoms with Crippen LogP contribution < -0.4 is 9.47 Å². The lowest BCUT2D eigenvalue weighted by molar-refractivity contribution is -0.213.